The lowest BCUT2D eigenvalue weighted by molar-refractivity contribution is -0.132. The molecular formula is C25H30N2O4. The molecule has 0 spiro atoms. The normalized spacial score (nSPS) is 20.2. The molecule has 0 radical (unpaired) electrons. The standard InChI is InChI=1S/C25H30N2O4/c1-30-16-17-31-20-12-10-19(11-13-20)26-24(28)21-7-3-4-8-22(21)25(29)27-15-14-18-6-2-5-9-23(18)27/h2,5-6,9-13,21-22H,3-4,7-8,14-17H2,1H3,(H,26,28). The van der Waals surface area contributed by atoms with Gasteiger partial charge in [-0.05, 0) is 55.2 Å². The van der Waals surface area contributed by atoms with E-state index >= 15 is 0 Å². The van der Waals surface area contributed by atoms with Crippen LogP contribution >= 0.6 is 0 Å². The summed E-state index contributed by atoms with van der Waals surface area (Å²) in [7, 11) is 1.63. The number of anilines is 2. The fraction of sp³-hybridized carbons (Fsp3) is 0.440. The van der Waals surface area contributed by atoms with Crippen LogP contribution in [0.2, 0.25) is 0 Å². The highest BCUT2D eigenvalue weighted by Gasteiger charge is 2.39. The first-order chi connectivity index (χ1) is 15.2. The molecule has 2 unspecified atom stereocenters. The molecule has 0 aromatic heterocycles. The lowest BCUT2D eigenvalue weighted by Crippen LogP contribution is -2.43. The Kier molecular flexibility index (Phi) is 6.87. The zero-order valence-electron chi connectivity index (χ0n) is 18.0. The molecule has 1 aliphatic carbocycles. The van der Waals surface area contributed by atoms with E-state index in [1.807, 2.05) is 47.4 Å². The molecule has 31 heavy (non-hydrogen) atoms. The highest BCUT2D eigenvalue weighted by atomic mass is 16.5. The first kappa shape index (κ1) is 21.4. The molecular weight excluding hydrogens is 392 g/mol. The molecule has 2 atom stereocenters. The van der Waals surface area contributed by atoms with Crippen molar-refractivity contribution < 1.29 is 19.1 Å². The smallest absolute Gasteiger partial charge is 0.230 e. The van der Waals surface area contributed by atoms with E-state index in [4.69, 9.17) is 9.47 Å². The van der Waals surface area contributed by atoms with Crippen molar-refractivity contribution in [3.8, 4) is 5.75 Å². The first-order valence-electron chi connectivity index (χ1n) is 11.1. The van der Waals surface area contributed by atoms with E-state index in [0.29, 0.717) is 25.4 Å². The van der Waals surface area contributed by atoms with Crippen molar-refractivity contribution in [1.29, 1.82) is 0 Å². The maximum Gasteiger partial charge on any atom is 0.230 e. The van der Waals surface area contributed by atoms with Crippen molar-refractivity contribution in [2.45, 2.75) is 32.1 Å². The Labute approximate surface area is 183 Å². The van der Waals surface area contributed by atoms with Crippen molar-refractivity contribution in [3.63, 3.8) is 0 Å². The van der Waals surface area contributed by atoms with Crippen LogP contribution in [0.15, 0.2) is 48.5 Å². The Morgan fingerprint density at radius 3 is 2.52 bits per heavy atom. The van der Waals surface area contributed by atoms with Gasteiger partial charge in [-0.25, -0.2) is 0 Å². The molecule has 1 heterocycles. The number of nitrogens with one attached hydrogen (secondary N) is 1. The van der Waals surface area contributed by atoms with E-state index in [0.717, 1.165) is 43.5 Å². The molecule has 164 valence electrons. The van der Waals surface area contributed by atoms with E-state index in [1.54, 1.807) is 7.11 Å². The monoisotopic (exact) mass is 422 g/mol. The van der Waals surface area contributed by atoms with E-state index < -0.39 is 0 Å². The molecule has 0 bridgehead atoms. The fourth-order valence-electron chi connectivity index (χ4n) is 4.62. The second-order valence-corrected chi connectivity index (χ2v) is 8.22. The van der Waals surface area contributed by atoms with Crippen LogP contribution in [-0.4, -0.2) is 38.7 Å². The average molecular weight is 423 g/mol. The zero-order chi connectivity index (χ0) is 21.6. The van der Waals surface area contributed by atoms with Crippen LogP contribution in [0.5, 0.6) is 5.75 Å². The van der Waals surface area contributed by atoms with Gasteiger partial charge in [0.05, 0.1) is 12.5 Å². The van der Waals surface area contributed by atoms with Crippen LogP contribution in [0.4, 0.5) is 11.4 Å². The summed E-state index contributed by atoms with van der Waals surface area (Å²) < 4.78 is 10.5. The molecule has 6 nitrogen and oxygen atoms in total. The number of carbonyl (C=O) groups excluding carboxylic acids is 2. The number of hydrogen-bond acceptors (Lipinski definition) is 4. The Bertz CT molecular complexity index is 912. The van der Waals surface area contributed by atoms with Gasteiger partial charge < -0.3 is 19.7 Å². The van der Waals surface area contributed by atoms with Gasteiger partial charge in [-0.1, -0.05) is 31.0 Å². The van der Waals surface area contributed by atoms with Crippen molar-refractivity contribution >= 4 is 23.2 Å². The second kappa shape index (κ2) is 9.96. The number of methoxy groups -OCH3 is 1. The van der Waals surface area contributed by atoms with Gasteiger partial charge in [-0.15, -0.1) is 0 Å². The number of hydrogen-bond donors (Lipinski definition) is 1. The quantitative estimate of drug-likeness (QED) is 0.684. The number of para-hydroxylation sites is 1. The number of amides is 2. The fourth-order valence-corrected chi connectivity index (χ4v) is 4.62. The van der Waals surface area contributed by atoms with Crippen LogP contribution in [0.3, 0.4) is 0 Å². The number of benzene rings is 2. The first-order valence-corrected chi connectivity index (χ1v) is 11.1. The molecule has 2 aliphatic rings. The van der Waals surface area contributed by atoms with Gasteiger partial charge in [0, 0.05) is 30.9 Å². The van der Waals surface area contributed by atoms with Crippen molar-refractivity contribution in [3.05, 3.63) is 54.1 Å². The van der Waals surface area contributed by atoms with E-state index in [1.165, 1.54) is 5.56 Å². The summed E-state index contributed by atoms with van der Waals surface area (Å²) in [6.07, 6.45) is 4.36. The largest absolute Gasteiger partial charge is 0.491 e. The number of fused-ring (bicyclic) bond motifs is 1. The Hall–Kier alpha value is -2.86. The molecule has 1 aliphatic heterocycles. The summed E-state index contributed by atoms with van der Waals surface area (Å²) in [6, 6.07) is 15.4. The highest BCUT2D eigenvalue weighted by molar-refractivity contribution is 6.02. The minimum Gasteiger partial charge on any atom is -0.491 e. The summed E-state index contributed by atoms with van der Waals surface area (Å²) in [5, 5.41) is 3.01. The molecule has 1 saturated carbocycles. The highest BCUT2D eigenvalue weighted by Crippen LogP contribution is 2.36. The molecule has 6 heteroatoms. The summed E-state index contributed by atoms with van der Waals surface area (Å²) >= 11 is 0. The van der Waals surface area contributed by atoms with Gasteiger partial charge in [0.2, 0.25) is 11.8 Å². The molecule has 4 rings (SSSR count). The van der Waals surface area contributed by atoms with E-state index in [2.05, 4.69) is 11.4 Å². The minimum absolute atomic E-state index is 0.0708. The van der Waals surface area contributed by atoms with Gasteiger partial charge in [0.25, 0.3) is 0 Å². The summed E-state index contributed by atoms with van der Waals surface area (Å²) in [4.78, 5) is 28.4. The van der Waals surface area contributed by atoms with Crippen LogP contribution in [0, 0.1) is 11.8 Å². The number of ether oxygens (including phenoxy) is 2. The number of nitrogens with zero attached hydrogens (tertiary/aromatic N) is 1. The molecule has 2 amide bonds. The summed E-state index contributed by atoms with van der Waals surface area (Å²) in [5.41, 5.74) is 2.93. The van der Waals surface area contributed by atoms with Gasteiger partial charge in [0.1, 0.15) is 12.4 Å². The predicted octanol–water partition coefficient (Wildman–Crippen LogP) is 4.05. The summed E-state index contributed by atoms with van der Waals surface area (Å²) in [6.45, 7) is 1.71. The van der Waals surface area contributed by atoms with Crippen molar-refractivity contribution in [2.24, 2.45) is 11.8 Å². The van der Waals surface area contributed by atoms with Crippen LogP contribution in [0.25, 0.3) is 0 Å². The van der Waals surface area contributed by atoms with Gasteiger partial charge in [0.15, 0.2) is 0 Å². The zero-order valence-corrected chi connectivity index (χ0v) is 18.0. The second-order valence-electron chi connectivity index (χ2n) is 8.22. The average Bonchev–Trinajstić information content (AvgIpc) is 3.24. The maximum atomic E-state index is 13.4. The lowest BCUT2D eigenvalue weighted by Gasteiger charge is -2.32. The molecule has 1 fully saturated rings. The number of rotatable bonds is 7. The van der Waals surface area contributed by atoms with Crippen LogP contribution in [-0.2, 0) is 20.7 Å². The molecule has 1 N–H and O–H groups in total. The molecule has 2 aromatic rings. The van der Waals surface area contributed by atoms with Crippen molar-refractivity contribution in [2.75, 3.05) is 37.1 Å². The Balaban J connectivity index is 1.41. The Morgan fingerprint density at radius 2 is 1.74 bits per heavy atom. The number of carbonyl (C=O) groups is 2. The molecule has 2 aromatic carbocycles. The minimum atomic E-state index is -0.299. The maximum absolute atomic E-state index is 13.4. The van der Waals surface area contributed by atoms with Crippen LogP contribution < -0.4 is 15.0 Å². The van der Waals surface area contributed by atoms with Gasteiger partial charge in [-0.3, -0.25) is 9.59 Å². The SMILES string of the molecule is COCCOc1ccc(NC(=O)C2CCCCC2C(=O)N2CCc3ccccc32)cc1. The topological polar surface area (TPSA) is 67.9 Å². The van der Waals surface area contributed by atoms with Gasteiger partial charge >= 0.3 is 0 Å². The third-order valence-electron chi connectivity index (χ3n) is 6.25. The predicted molar refractivity (Wildman–Crippen MR) is 120 cm³/mol. The lowest BCUT2D eigenvalue weighted by atomic mass is 9.77. The third kappa shape index (κ3) is 4.90. The van der Waals surface area contributed by atoms with Crippen molar-refractivity contribution in [1.82, 2.24) is 0 Å². The van der Waals surface area contributed by atoms with Crippen LogP contribution in [0.1, 0.15) is 31.2 Å². The van der Waals surface area contributed by atoms with E-state index in [9.17, 15) is 9.59 Å². The summed E-state index contributed by atoms with van der Waals surface area (Å²) in [5.74, 6) is 0.182. The van der Waals surface area contributed by atoms with E-state index in [-0.39, 0.29) is 23.7 Å². The Morgan fingerprint density at radius 1 is 1.00 bits per heavy atom. The van der Waals surface area contributed by atoms with Gasteiger partial charge in [-0.2, -0.15) is 0 Å². The molecule has 0 saturated heterocycles. The third-order valence-corrected chi connectivity index (χ3v) is 6.25.